The van der Waals surface area contributed by atoms with E-state index in [-0.39, 0.29) is 0 Å². The van der Waals surface area contributed by atoms with Crippen molar-refractivity contribution in [2.75, 3.05) is 0 Å². The zero-order valence-electron chi connectivity index (χ0n) is 11.5. The Morgan fingerprint density at radius 1 is 1.19 bits per heavy atom. The van der Waals surface area contributed by atoms with Gasteiger partial charge in [0.15, 0.2) is 5.82 Å². The first-order chi connectivity index (χ1) is 10.3. The maximum Gasteiger partial charge on any atom is 0.212 e. The van der Waals surface area contributed by atoms with Crippen LogP contribution in [0.3, 0.4) is 0 Å². The van der Waals surface area contributed by atoms with E-state index in [1.165, 1.54) is 5.56 Å². The van der Waals surface area contributed by atoms with E-state index >= 15 is 0 Å². The third-order valence-corrected chi connectivity index (χ3v) is 4.62. The molecule has 1 aromatic carbocycles. The Kier molecular flexibility index (Phi) is 4.47. The Morgan fingerprint density at radius 2 is 2.05 bits per heavy atom. The van der Waals surface area contributed by atoms with Crippen LogP contribution in [0.1, 0.15) is 16.3 Å². The molecule has 0 N–H and O–H groups in total. The van der Waals surface area contributed by atoms with Crippen LogP contribution in [0.2, 0.25) is 0 Å². The second kappa shape index (κ2) is 6.69. The third kappa shape index (κ3) is 3.59. The summed E-state index contributed by atoms with van der Waals surface area (Å²) in [5.74, 6) is 1.64. The minimum Gasteiger partial charge on any atom is -0.192 e. The molecule has 106 valence electrons. The fourth-order valence-electron chi connectivity index (χ4n) is 1.76. The molecular weight excluding hydrogens is 300 g/mol. The molecule has 0 atom stereocenters. The van der Waals surface area contributed by atoms with E-state index in [1.807, 2.05) is 48.9 Å². The van der Waals surface area contributed by atoms with Gasteiger partial charge in [0.1, 0.15) is 0 Å². The number of hydrogen-bond acceptors (Lipinski definition) is 5. The predicted octanol–water partition coefficient (Wildman–Crippen LogP) is 3.82. The fourth-order valence-corrected chi connectivity index (χ4v) is 3.23. The van der Waals surface area contributed by atoms with Gasteiger partial charge in [0.2, 0.25) is 5.16 Å². The number of nitrogens with zero attached hydrogens (tertiary/aromatic N) is 4. The predicted molar refractivity (Wildman–Crippen MR) is 88.1 cm³/mol. The van der Waals surface area contributed by atoms with Crippen molar-refractivity contribution in [2.45, 2.75) is 17.8 Å². The molecule has 0 radical (unpaired) electrons. The molecule has 3 aromatic rings. The van der Waals surface area contributed by atoms with Crippen LogP contribution < -0.4 is 0 Å². The first kappa shape index (κ1) is 14.0. The molecule has 0 amide bonds. The van der Waals surface area contributed by atoms with Crippen LogP contribution in [0.25, 0.3) is 0 Å². The molecule has 0 aliphatic carbocycles. The molecule has 4 nitrogen and oxygen atoms in total. The SMILES string of the molecule is Cc1nnc(SCc2ccccc2)n1/N=C\c1cccs1. The van der Waals surface area contributed by atoms with Gasteiger partial charge in [0.25, 0.3) is 0 Å². The number of thioether (sulfide) groups is 1. The molecule has 0 spiro atoms. The highest BCUT2D eigenvalue weighted by Gasteiger charge is 2.08. The lowest BCUT2D eigenvalue weighted by molar-refractivity contribution is 0.744. The van der Waals surface area contributed by atoms with E-state index in [2.05, 4.69) is 27.4 Å². The Bertz CT molecular complexity index is 717. The molecule has 0 fully saturated rings. The molecular formula is C15H14N4S2. The average molecular weight is 314 g/mol. The van der Waals surface area contributed by atoms with Crippen LogP contribution in [-0.2, 0) is 5.75 Å². The zero-order valence-corrected chi connectivity index (χ0v) is 13.1. The van der Waals surface area contributed by atoms with Crippen molar-refractivity contribution in [1.29, 1.82) is 0 Å². The minimum absolute atomic E-state index is 0.790. The lowest BCUT2D eigenvalue weighted by Crippen LogP contribution is -1.95. The maximum absolute atomic E-state index is 4.48. The topological polar surface area (TPSA) is 43.1 Å². The van der Waals surface area contributed by atoms with Crippen molar-refractivity contribution in [2.24, 2.45) is 5.10 Å². The Hall–Kier alpha value is -1.92. The van der Waals surface area contributed by atoms with Gasteiger partial charge in [-0.15, -0.1) is 21.5 Å². The zero-order chi connectivity index (χ0) is 14.5. The van der Waals surface area contributed by atoms with Gasteiger partial charge in [0.05, 0.1) is 6.21 Å². The van der Waals surface area contributed by atoms with Crippen LogP contribution in [0.4, 0.5) is 0 Å². The molecule has 21 heavy (non-hydrogen) atoms. The first-order valence-corrected chi connectivity index (χ1v) is 8.36. The van der Waals surface area contributed by atoms with Crippen molar-refractivity contribution >= 4 is 29.3 Å². The van der Waals surface area contributed by atoms with Crippen LogP contribution in [-0.4, -0.2) is 21.1 Å². The smallest absolute Gasteiger partial charge is 0.192 e. The Balaban J connectivity index is 1.74. The molecule has 6 heteroatoms. The summed E-state index contributed by atoms with van der Waals surface area (Å²) < 4.78 is 1.79. The van der Waals surface area contributed by atoms with Gasteiger partial charge in [0, 0.05) is 10.6 Å². The number of aromatic nitrogens is 3. The van der Waals surface area contributed by atoms with Crippen molar-refractivity contribution in [3.8, 4) is 0 Å². The molecule has 0 saturated carbocycles. The van der Waals surface area contributed by atoms with Crippen molar-refractivity contribution < 1.29 is 0 Å². The van der Waals surface area contributed by atoms with Crippen LogP contribution >= 0.6 is 23.1 Å². The second-order valence-corrected chi connectivity index (χ2v) is 6.30. The van der Waals surface area contributed by atoms with E-state index in [4.69, 9.17) is 0 Å². The summed E-state index contributed by atoms with van der Waals surface area (Å²) in [7, 11) is 0. The van der Waals surface area contributed by atoms with E-state index < -0.39 is 0 Å². The number of benzene rings is 1. The molecule has 0 bridgehead atoms. The van der Waals surface area contributed by atoms with E-state index in [9.17, 15) is 0 Å². The average Bonchev–Trinajstić information content (AvgIpc) is 3.14. The van der Waals surface area contributed by atoms with E-state index in [0.29, 0.717) is 0 Å². The normalized spacial score (nSPS) is 11.3. The van der Waals surface area contributed by atoms with Crippen molar-refractivity contribution in [3.63, 3.8) is 0 Å². The summed E-state index contributed by atoms with van der Waals surface area (Å²) in [6.07, 6.45) is 1.84. The largest absolute Gasteiger partial charge is 0.212 e. The molecule has 0 unspecified atom stereocenters. The summed E-state index contributed by atoms with van der Waals surface area (Å²) >= 11 is 3.29. The van der Waals surface area contributed by atoms with Crippen molar-refractivity contribution in [1.82, 2.24) is 14.9 Å². The second-order valence-electron chi connectivity index (χ2n) is 4.38. The first-order valence-electron chi connectivity index (χ1n) is 6.49. The molecule has 0 saturated heterocycles. The fraction of sp³-hybridized carbons (Fsp3) is 0.133. The standard InChI is InChI=1S/C15H14N4S2/c1-12-17-18-15(21-11-13-6-3-2-4-7-13)19(12)16-10-14-8-5-9-20-14/h2-10H,11H2,1H3/b16-10-. The van der Waals surface area contributed by atoms with Gasteiger partial charge in [-0.25, -0.2) is 0 Å². The van der Waals surface area contributed by atoms with E-state index in [0.717, 1.165) is 21.6 Å². The van der Waals surface area contributed by atoms with Crippen molar-refractivity contribution in [3.05, 3.63) is 64.1 Å². The highest BCUT2D eigenvalue weighted by atomic mass is 32.2. The number of thiophene rings is 1. The van der Waals surface area contributed by atoms with E-state index in [1.54, 1.807) is 27.8 Å². The number of hydrogen-bond donors (Lipinski definition) is 0. The number of rotatable bonds is 5. The van der Waals surface area contributed by atoms with Gasteiger partial charge in [-0.1, -0.05) is 48.2 Å². The van der Waals surface area contributed by atoms with Crippen LogP contribution in [0.15, 0.2) is 58.1 Å². The summed E-state index contributed by atoms with van der Waals surface area (Å²) in [5, 5.41) is 15.6. The van der Waals surface area contributed by atoms with Gasteiger partial charge >= 0.3 is 0 Å². The van der Waals surface area contributed by atoms with Gasteiger partial charge in [-0.3, -0.25) is 0 Å². The molecule has 0 aliphatic rings. The van der Waals surface area contributed by atoms with Gasteiger partial charge in [-0.2, -0.15) is 9.78 Å². The molecule has 2 aromatic heterocycles. The van der Waals surface area contributed by atoms with Gasteiger partial charge < -0.3 is 0 Å². The molecule has 2 heterocycles. The molecule has 0 aliphatic heterocycles. The summed E-state index contributed by atoms with van der Waals surface area (Å²) in [6, 6.07) is 14.4. The highest BCUT2D eigenvalue weighted by molar-refractivity contribution is 7.98. The third-order valence-electron chi connectivity index (χ3n) is 2.82. The Labute approximate surface area is 131 Å². The lowest BCUT2D eigenvalue weighted by Gasteiger charge is -2.02. The maximum atomic E-state index is 4.48. The van der Waals surface area contributed by atoms with Crippen LogP contribution in [0.5, 0.6) is 0 Å². The lowest BCUT2D eigenvalue weighted by atomic mass is 10.2. The quantitative estimate of drug-likeness (QED) is 0.531. The van der Waals surface area contributed by atoms with Gasteiger partial charge in [-0.05, 0) is 23.9 Å². The van der Waals surface area contributed by atoms with Crippen LogP contribution in [0, 0.1) is 6.92 Å². The summed E-state index contributed by atoms with van der Waals surface area (Å²) in [5.41, 5.74) is 1.26. The highest BCUT2D eigenvalue weighted by Crippen LogP contribution is 2.21. The minimum atomic E-state index is 0.790. The molecule has 3 rings (SSSR count). The number of aryl methyl sites for hydroxylation is 1. The monoisotopic (exact) mass is 314 g/mol. The summed E-state index contributed by atoms with van der Waals surface area (Å²) in [4.78, 5) is 1.11. The Morgan fingerprint density at radius 3 is 2.81 bits per heavy atom. The summed E-state index contributed by atoms with van der Waals surface area (Å²) in [6.45, 7) is 1.91.